The van der Waals surface area contributed by atoms with Crippen LogP contribution in [0.1, 0.15) is 29.5 Å². The smallest absolute Gasteiger partial charge is 0.242 e. The number of hydrogen-bond acceptors (Lipinski definition) is 1. The van der Waals surface area contributed by atoms with Gasteiger partial charge in [-0.1, -0.05) is 191 Å². The lowest BCUT2D eigenvalue weighted by molar-refractivity contribution is 0.909. The number of anilines is 1. The molecule has 0 fully saturated rings. The van der Waals surface area contributed by atoms with Crippen molar-refractivity contribution >= 4 is 57.5 Å². The maximum absolute atomic E-state index is 2.59. The zero-order chi connectivity index (χ0) is 35.3. The summed E-state index contributed by atoms with van der Waals surface area (Å²) in [4.78, 5) is 2.59. The largest absolute Gasteiger partial charge is 0.337 e. The fourth-order valence-corrected chi connectivity index (χ4v) is 9.30. The van der Waals surface area contributed by atoms with Crippen LogP contribution in [0.15, 0.2) is 188 Å². The molecule has 7 aromatic rings. The summed E-state index contributed by atoms with van der Waals surface area (Å²) in [6.45, 7) is 3.50. The lowest BCUT2D eigenvalue weighted by atomic mass is 9.39. The molecule has 0 amide bonds. The van der Waals surface area contributed by atoms with Crippen molar-refractivity contribution in [2.24, 2.45) is 0 Å². The van der Waals surface area contributed by atoms with Crippen LogP contribution in [-0.2, 0) is 6.54 Å². The van der Waals surface area contributed by atoms with Gasteiger partial charge in [-0.05, 0) is 88.6 Å². The average Bonchev–Trinajstić information content (AvgIpc) is 3.73. The van der Waals surface area contributed by atoms with Crippen LogP contribution in [0.25, 0.3) is 27.8 Å². The predicted molar refractivity (Wildman–Crippen MR) is 229 cm³/mol. The first kappa shape index (κ1) is 31.7. The van der Waals surface area contributed by atoms with Crippen LogP contribution in [0.5, 0.6) is 0 Å². The van der Waals surface area contributed by atoms with E-state index in [0.29, 0.717) is 0 Å². The molecule has 0 saturated heterocycles. The molecule has 7 aromatic carbocycles. The molecule has 3 aliphatic rings. The van der Waals surface area contributed by atoms with Gasteiger partial charge in [0.15, 0.2) is 0 Å². The van der Waals surface area contributed by atoms with Gasteiger partial charge in [0.05, 0.1) is 0 Å². The third-order valence-corrected chi connectivity index (χ3v) is 11.7. The molecule has 2 heterocycles. The van der Waals surface area contributed by atoms with Crippen LogP contribution >= 0.6 is 0 Å². The lowest BCUT2D eigenvalue weighted by Crippen LogP contribution is -2.48. The highest BCUT2D eigenvalue weighted by Gasteiger charge is 2.35. The van der Waals surface area contributed by atoms with Crippen LogP contribution in [0, 0.1) is 6.92 Å². The Balaban J connectivity index is 1.13. The Hall–Kier alpha value is -6.05. The Labute approximate surface area is 314 Å². The zero-order valence-electron chi connectivity index (χ0n) is 30.0. The average molecular weight is 675 g/mol. The van der Waals surface area contributed by atoms with Crippen molar-refractivity contribution in [3.05, 3.63) is 204 Å². The van der Waals surface area contributed by atoms with Crippen molar-refractivity contribution < 1.29 is 0 Å². The van der Waals surface area contributed by atoms with Crippen molar-refractivity contribution in [2.45, 2.75) is 26.3 Å². The first-order valence-corrected chi connectivity index (χ1v) is 19.0. The molecule has 0 bridgehead atoms. The van der Waals surface area contributed by atoms with Crippen molar-refractivity contribution in [1.29, 1.82) is 0 Å². The molecular formula is C50H39B2N. The normalized spacial score (nSPS) is 13.8. The Morgan fingerprint density at radius 2 is 1.02 bits per heavy atom. The summed E-state index contributed by atoms with van der Waals surface area (Å²) in [5, 5.41) is 0. The van der Waals surface area contributed by atoms with E-state index in [1.165, 1.54) is 88.7 Å². The minimum Gasteiger partial charge on any atom is -0.337 e. The summed E-state index contributed by atoms with van der Waals surface area (Å²) in [6.07, 6.45) is 6.82. The zero-order valence-corrected chi connectivity index (χ0v) is 30.0. The van der Waals surface area contributed by atoms with Crippen molar-refractivity contribution in [1.82, 2.24) is 0 Å². The van der Waals surface area contributed by atoms with Gasteiger partial charge in [0.2, 0.25) is 13.4 Å². The topological polar surface area (TPSA) is 3.24 Å². The summed E-state index contributed by atoms with van der Waals surface area (Å²) < 4.78 is 0. The van der Waals surface area contributed by atoms with E-state index >= 15 is 0 Å². The quantitative estimate of drug-likeness (QED) is 0.156. The van der Waals surface area contributed by atoms with Gasteiger partial charge >= 0.3 is 0 Å². The molecule has 250 valence electrons. The molecule has 53 heavy (non-hydrogen) atoms. The SMILES string of the molecule is Cc1ccccc1C1=C(N(Cc2ccc3c(c2)-c2ccccc2B3c2ccccc2)c2ccc3c(c2)-c2ccccc2B3c2ccccc2)C=CCC1. The van der Waals surface area contributed by atoms with Gasteiger partial charge in [-0.25, -0.2) is 0 Å². The summed E-state index contributed by atoms with van der Waals surface area (Å²) in [5.41, 5.74) is 21.6. The van der Waals surface area contributed by atoms with E-state index < -0.39 is 0 Å². The van der Waals surface area contributed by atoms with Gasteiger partial charge in [-0.3, -0.25) is 0 Å². The van der Waals surface area contributed by atoms with Gasteiger partial charge < -0.3 is 4.90 Å². The van der Waals surface area contributed by atoms with E-state index in [0.717, 1.165) is 19.4 Å². The Morgan fingerprint density at radius 3 is 1.66 bits per heavy atom. The molecule has 2 aliphatic heterocycles. The Bertz CT molecular complexity index is 2570. The summed E-state index contributed by atoms with van der Waals surface area (Å²) in [5.74, 6) is 0. The van der Waals surface area contributed by atoms with Crippen LogP contribution in [0.3, 0.4) is 0 Å². The maximum Gasteiger partial charge on any atom is 0.242 e. The van der Waals surface area contributed by atoms with Gasteiger partial charge in [-0.2, -0.15) is 0 Å². The number of fused-ring (bicyclic) bond motifs is 6. The number of nitrogens with zero attached hydrogens (tertiary/aromatic N) is 1. The molecule has 10 rings (SSSR count). The van der Waals surface area contributed by atoms with E-state index in [2.05, 4.69) is 194 Å². The van der Waals surface area contributed by atoms with E-state index in [1.54, 1.807) is 0 Å². The maximum atomic E-state index is 2.59. The fourth-order valence-electron chi connectivity index (χ4n) is 9.30. The van der Waals surface area contributed by atoms with Crippen LogP contribution in [0.4, 0.5) is 5.69 Å². The minimum atomic E-state index is 0.232. The van der Waals surface area contributed by atoms with Gasteiger partial charge in [0.25, 0.3) is 0 Å². The Morgan fingerprint density at radius 1 is 0.491 bits per heavy atom. The third kappa shape index (κ3) is 5.42. The summed E-state index contributed by atoms with van der Waals surface area (Å²) >= 11 is 0. The highest BCUT2D eigenvalue weighted by Crippen LogP contribution is 2.38. The molecule has 1 aliphatic carbocycles. The second kappa shape index (κ2) is 13.2. The number of allylic oxidation sites excluding steroid dienone is 3. The van der Waals surface area contributed by atoms with Crippen molar-refractivity contribution in [3.63, 3.8) is 0 Å². The minimum absolute atomic E-state index is 0.232. The highest BCUT2D eigenvalue weighted by molar-refractivity contribution is 6.99. The summed E-state index contributed by atoms with van der Waals surface area (Å²) in [6, 6.07) is 63.4. The Kier molecular flexibility index (Phi) is 7.87. The molecule has 0 unspecified atom stereocenters. The van der Waals surface area contributed by atoms with Gasteiger partial charge in [0.1, 0.15) is 0 Å². The molecule has 0 saturated carbocycles. The fraction of sp³-hybridized carbons (Fsp3) is 0.0800. The van der Waals surface area contributed by atoms with E-state index in [-0.39, 0.29) is 13.4 Å². The molecule has 0 spiro atoms. The number of aryl methyl sites for hydroxylation is 1. The van der Waals surface area contributed by atoms with Crippen LogP contribution in [-0.4, -0.2) is 13.4 Å². The van der Waals surface area contributed by atoms with E-state index in [4.69, 9.17) is 0 Å². The van der Waals surface area contributed by atoms with E-state index in [9.17, 15) is 0 Å². The number of rotatable bonds is 7. The summed E-state index contributed by atoms with van der Waals surface area (Å²) in [7, 11) is 0. The molecule has 0 N–H and O–H groups in total. The molecule has 3 heteroatoms. The molecular weight excluding hydrogens is 636 g/mol. The van der Waals surface area contributed by atoms with Gasteiger partial charge in [-0.15, -0.1) is 0 Å². The van der Waals surface area contributed by atoms with Crippen molar-refractivity contribution in [3.8, 4) is 22.3 Å². The number of hydrogen-bond donors (Lipinski definition) is 0. The predicted octanol–water partition coefficient (Wildman–Crippen LogP) is 7.76. The number of benzene rings is 7. The lowest BCUT2D eigenvalue weighted by Gasteiger charge is -2.32. The van der Waals surface area contributed by atoms with E-state index in [1.807, 2.05) is 0 Å². The molecule has 0 radical (unpaired) electrons. The standard InChI is InChI=1S/C50H39B2N/c1-35-16-8-9-21-40(35)43-24-12-15-27-50(43)53(39-29-31-49-45(33-39)42-23-11-14-26-47(42)52(49)38-19-6-3-7-20-38)34-36-28-30-48-44(32-36)41-22-10-13-25-46(41)51(48)37-17-4-2-5-18-37/h2-11,13-23,25-33H,12,24,34H2,1H3. The highest BCUT2D eigenvalue weighted by atomic mass is 15.1. The second-order valence-electron chi connectivity index (χ2n) is 14.8. The van der Waals surface area contributed by atoms with Crippen LogP contribution < -0.4 is 37.7 Å². The monoisotopic (exact) mass is 675 g/mol. The molecule has 0 aromatic heterocycles. The van der Waals surface area contributed by atoms with Crippen molar-refractivity contribution in [2.75, 3.05) is 4.90 Å². The first-order valence-electron chi connectivity index (χ1n) is 19.0. The molecule has 1 nitrogen and oxygen atoms in total. The third-order valence-electron chi connectivity index (χ3n) is 11.7. The van der Waals surface area contributed by atoms with Crippen LogP contribution in [0.2, 0.25) is 0 Å². The van der Waals surface area contributed by atoms with Gasteiger partial charge in [0, 0.05) is 17.9 Å². The molecule has 0 atom stereocenters. The second-order valence-corrected chi connectivity index (χ2v) is 14.8. The first-order chi connectivity index (χ1) is 26.2.